The van der Waals surface area contributed by atoms with E-state index in [2.05, 4.69) is 0 Å². The van der Waals surface area contributed by atoms with Crippen LogP contribution in [0.4, 0.5) is 26.3 Å². The predicted octanol–water partition coefficient (Wildman–Crippen LogP) is 5.37. The lowest BCUT2D eigenvalue weighted by atomic mass is 10.2. The van der Waals surface area contributed by atoms with Crippen molar-refractivity contribution >= 4 is 15.9 Å². The summed E-state index contributed by atoms with van der Waals surface area (Å²) in [5.41, 5.74) is -1.26. The zero-order valence-corrected chi connectivity index (χ0v) is 11.3. The van der Waals surface area contributed by atoms with E-state index in [-0.39, 0.29) is 0 Å². The first-order valence-corrected chi connectivity index (χ1v) is 5.93. The third-order valence-corrected chi connectivity index (χ3v) is 2.43. The van der Waals surface area contributed by atoms with Gasteiger partial charge in [0, 0.05) is 6.07 Å². The second kappa shape index (κ2) is 6.78. The van der Waals surface area contributed by atoms with Crippen LogP contribution in [0.1, 0.15) is 5.56 Å². The standard InChI is InChI=1S/C7H3BrF4.C6H4F2/c8-7(11,12)6-4(9)2-1-3-5(6)10;7-5-2-1-3-6(8)4-5/h1-3H;1-4H. The van der Waals surface area contributed by atoms with Gasteiger partial charge in [-0.05, 0) is 40.2 Å². The average Bonchev–Trinajstić information content (AvgIpc) is 2.27. The number of halogens is 7. The van der Waals surface area contributed by atoms with Crippen LogP contribution in [-0.4, -0.2) is 0 Å². The number of rotatable bonds is 1. The highest BCUT2D eigenvalue weighted by atomic mass is 79.9. The van der Waals surface area contributed by atoms with Gasteiger partial charge in [-0.2, -0.15) is 8.78 Å². The SMILES string of the molecule is Fc1cccc(F)c1.Fc1cccc(F)c1C(F)(F)Br. The molecule has 0 aliphatic carbocycles. The van der Waals surface area contributed by atoms with Gasteiger partial charge in [0.1, 0.15) is 28.8 Å². The maximum absolute atomic E-state index is 12.6. The quantitative estimate of drug-likeness (QED) is 0.475. The van der Waals surface area contributed by atoms with Gasteiger partial charge in [-0.25, -0.2) is 17.6 Å². The van der Waals surface area contributed by atoms with Gasteiger partial charge in [-0.3, -0.25) is 0 Å². The minimum absolute atomic E-state index is 0.537. The molecule has 0 fully saturated rings. The van der Waals surface area contributed by atoms with Crippen molar-refractivity contribution in [1.29, 1.82) is 0 Å². The highest BCUT2D eigenvalue weighted by Crippen LogP contribution is 2.37. The van der Waals surface area contributed by atoms with Gasteiger partial charge in [-0.15, -0.1) is 0 Å². The molecule has 2 aromatic carbocycles. The van der Waals surface area contributed by atoms with Crippen molar-refractivity contribution in [1.82, 2.24) is 0 Å². The molecule has 0 bridgehead atoms. The highest BCUT2D eigenvalue weighted by Gasteiger charge is 2.33. The summed E-state index contributed by atoms with van der Waals surface area (Å²) in [5, 5.41) is 0. The Morgan fingerprint density at radius 2 is 1.15 bits per heavy atom. The van der Waals surface area contributed by atoms with Crippen molar-refractivity contribution in [3.8, 4) is 0 Å². The van der Waals surface area contributed by atoms with E-state index in [0.717, 1.165) is 24.3 Å². The maximum atomic E-state index is 12.6. The molecule has 7 heteroatoms. The molecule has 2 rings (SSSR count). The molecule has 0 aliphatic heterocycles. The summed E-state index contributed by atoms with van der Waals surface area (Å²) in [4.78, 5) is -3.66. The summed E-state index contributed by atoms with van der Waals surface area (Å²) in [7, 11) is 0. The molecule has 0 heterocycles. The molecule has 0 saturated heterocycles. The second-order valence-electron chi connectivity index (χ2n) is 3.53. The van der Waals surface area contributed by atoms with Gasteiger partial charge < -0.3 is 0 Å². The van der Waals surface area contributed by atoms with Crippen LogP contribution in [0.2, 0.25) is 0 Å². The third-order valence-electron chi connectivity index (χ3n) is 2.03. The van der Waals surface area contributed by atoms with Crippen molar-refractivity contribution in [2.45, 2.75) is 4.83 Å². The van der Waals surface area contributed by atoms with Crippen LogP contribution in [0, 0.1) is 23.3 Å². The molecule has 20 heavy (non-hydrogen) atoms. The fraction of sp³-hybridized carbons (Fsp3) is 0.0769. The van der Waals surface area contributed by atoms with E-state index in [1.54, 1.807) is 0 Å². The smallest absolute Gasteiger partial charge is 0.207 e. The van der Waals surface area contributed by atoms with Crippen molar-refractivity contribution in [2.75, 3.05) is 0 Å². The van der Waals surface area contributed by atoms with E-state index in [1.165, 1.54) is 18.2 Å². The van der Waals surface area contributed by atoms with Crippen molar-refractivity contribution in [3.63, 3.8) is 0 Å². The first-order chi connectivity index (χ1) is 9.21. The van der Waals surface area contributed by atoms with E-state index >= 15 is 0 Å². The summed E-state index contributed by atoms with van der Waals surface area (Å²) in [5.74, 6) is -3.61. The Kier molecular flexibility index (Phi) is 5.62. The lowest BCUT2D eigenvalue weighted by Gasteiger charge is -2.09. The van der Waals surface area contributed by atoms with Crippen LogP contribution in [0.3, 0.4) is 0 Å². The Labute approximate surface area is 119 Å². The molecule has 0 radical (unpaired) electrons. The van der Waals surface area contributed by atoms with E-state index in [0.29, 0.717) is 0 Å². The average molecular weight is 357 g/mol. The zero-order valence-electron chi connectivity index (χ0n) is 9.69. The Balaban J connectivity index is 0.000000217. The monoisotopic (exact) mass is 356 g/mol. The molecule has 2 aromatic rings. The number of benzene rings is 2. The molecule has 0 spiro atoms. The summed E-state index contributed by atoms with van der Waals surface area (Å²) in [6.45, 7) is 0. The molecule has 0 N–H and O–H groups in total. The molecule has 0 aromatic heterocycles. The van der Waals surface area contributed by atoms with Crippen LogP contribution in [0.25, 0.3) is 0 Å². The Bertz CT molecular complexity index is 542. The first kappa shape index (κ1) is 16.6. The number of alkyl halides is 3. The Morgan fingerprint density at radius 1 is 0.750 bits per heavy atom. The maximum Gasteiger partial charge on any atom is 0.332 e. The van der Waals surface area contributed by atoms with Gasteiger partial charge in [0.25, 0.3) is 0 Å². The lowest BCUT2D eigenvalue weighted by molar-refractivity contribution is 0.105. The molecule has 0 amide bonds. The molecule has 0 nitrogen and oxygen atoms in total. The second-order valence-corrected chi connectivity index (χ2v) is 4.53. The van der Waals surface area contributed by atoms with Crippen molar-refractivity contribution in [2.24, 2.45) is 0 Å². The van der Waals surface area contributed by atoms with Gasteiger partial charge in [-0.1, -0.05) is 12.1 Å². The van der Waals surface area contributed by atoms with E-state index in [1.807, 2.05) is 15.9 Å². The largest absolute Gasteiger partial charge is 0.332 e. The zero-order chi connectivity index (χ0) is 15.3. The van der Waals surface area contributed by atoms with E-state index in [4.69, 9.17) is 0 Å². The Morgan fingerprint density at radius 3 is 1.40 bits per heavy atom. The van der Waals surface area contributed by atoms with Gasteiger partial charge in [0.2, 0.25) is 0 Å². The topological polar surface area (TPSA) is 0 Å². The predicted molar refractivity (Wildman–Crippen MR) is 65.5 cm³/mol. The highest BCUT2D eigenvalue weighted by molar-refractivity contribution is 9.09. The van der Waals surface area contributed by atoms with E-state index < -0.39 is 33.7 Å². The number of hydrogen-bond donors (Lipinski definition) is 0. The van der Waals surface area contributed by atoms with Crippen LogP contribution in [0.5, 0.6) is 0 Å². The first-order valence-electron chi connectivity index (χ1n) is 5.14. The van der Waals surface area contributed by atoms with Crippen LogP contribution < -0.4 is 0 Å². The molecule has 0 saturated carbocycles. The number of hydrogen-bond acceptors (Lipinski definition) is 0. The molecule has 108 valence electrons. The fourth-order valence-corrected chi connectivity index (χ4v) is 1.61. The van der Waals surface area contributed by atoms with Crippen molar-refractivity contribution < 1.29 is 26.3 Å². The molecule has 0 atom stereocenters. The fourth-order valence-electron chi connectivity index (χ4n) is 1.23. The van der Waals surface area contributed by atoms with Crippen LogP contribution in [-0.2, 0) is 4.83 Å². The summed E-state index contributed by atoms with van der Waals surface area (Å²) in [6, 6.07) is 7.12. The molecule has 0 unspecified atom stereocenters. The van der Waals surface area contributed by atoms with Crippen molar-refractivity contribution in [3.05, 3.63) is 71.3 Å². The van der Waals surface area contributed by atoms with Gasteiger partial charge >= 0.3 is 4.83 Å². The summed E-state index contributed by atoms with van der Waals surface area (Å²) < 4.78 is 73.9. The van der Waals surface area contributed by atoms with E-state index in [9.17, 15) is 26.3 Å². The van der Waals surface area contributed by atoms with Gasteiger partial charge in [0.15, 0.2) is 0 Å². The molecular formula is C13H7BrF6. The Hall–Kier alpha value is -1.50. The third kappa shape index (κ3) is 4.88. The summed E-state index contributed by atoms with van der Waals surface area (Å²) in [6.07, 6.45) is 0. The van der Waals surface area contributed by atoms with Gasteiger partial charge in [0.05, 0.1) is 0 Å². The lowest BCUT2D eigenvalue weighted by Crippen LogP contribution is -2.08. The minimum atomic E-state index is -3.66. The minimum Gasteiger partial charge on any atom is -0.207 e. The molecule has 0 aliphatic rings. The normalized spacial score (nSPS) is 10.8. The van der Waals surface area contributed by atoms with Crippen LogP contribution in [0.15, 0.2) is 42.5 Å². The van der Waals surface area contributed by atoms with Crippen LogP contribution >= 0.6 is 15.9 Å². The molecular weight excluding hydrogens is 350 g/mol. The summed E-state index contributed by atoms with van der Waals surface area (Å²) >= 11 is 1.87.